The van der Waals surface area contributed by atoms with E-state index >= 15 is 0 Å². The lowest BCUT2D eigenvalue weighted by Gasteiger charge is -2.18. The Morgan fingerprint density at radius 2 is 1.84 bits per heavy atom. The molecule has 98 valence electrons. The Morgan fingerprint density at radius 1 is 1.11 bits per heavy atom. The van der Waals surface area contributed by atoms with Crippen molar-refractivity contribution in [2.75, 3.05) is 12.3 Å². The van der Waals surface area contributed by atoms with Crippen molar-refractivity contribution < 1.29 is 0 Å². The molecule has 19 heavy (non-hydrogen) atoms. The molecule has 1 aliphatic heterocycles. The smallest absolute Gasteiger partial charge is 0.0292 e. The van der Waals surface area contributed by atoms with Crippen molar-refractivity contribution in [3.8, 4) is 0 Å². The van der Waals surface area contributed by atoms with Crippen LogP contribution in [0.25, 0.3) is 0 Å². The van der Waals surface area contributed by atoms with E-state index in [-0.39, 0.29) is 0 Å². The second-order valence-corrected chi connectivity index (χ2v) is 6.15. The van der Waals surface area contributed by atoms with Gasteiger partial charge in [0, 0.05) is 29.2 Å². The maximum Gasteiger partial charge on any atom is 0.0292 e. The second-order valence-electron chi connectivity index (χ2n) is 5.09. The van der Waals surface area contributed by atoms with Gasteiger partial charge in [-0.2, -0.15) is 0 Å². The first-order valence-electron chi connectivity index (χ1n) is 6.84. The first-order valence-corrected chi connectivity index (χ1v) is 7.83. The summed E-state index contributed by atoms with van der Waals surface area (Å²) >= 11 is 1.98. The Hall–Kier alpha value is -1.25. The molecule has 3 rings (SSSR count). The number of rotatable bonds is 4. The average Bonchev–Trinajstić information content (AvgIpc) is 2.89. The van der Waals surface area contributed by atoms with Crippen molar-refractivity contribution in [2.24, 2.45) is 0 Å². The lowest BCUT2D eigenvalue weighted by Crippen LogP contribution is -2.24. The van der Waals surface area contributed by atoms with Gasteiger partial charge in [-0.25, -0.2) is 0 Å². The van der Waals surface area contributed by atoms with Crippen molar-refractivity contribution in [3.63, 3.8) is 0 Å². The molecule has 2 aromatic carbocycles. The number of thioether (sulfide) groups is 1. The summed E-state index contributed by atoms with van der Waals surface area (Å²) in [6.45, 7) is 3.30. The number of hydrogen-bond donors (Lipinski definition) is 1. The van der Waals surface area contributed by atoms with Crippen molar-refractivity contribution in [2.45, 2.75) is 23.8 Å². The van der Waals surface area contributed by atoms with E-state index in [4.69, 9.17) is 0 Å². The summed E-state index contributed by atoms with van der Waals surface area (Å²) < 4.78 is 0. The van der Waals surface area contributed by atoms with E-state index < -0.39 is 0 Å². The van der Waals surface area contributed by atoms with Crippen molar-refractivity contribution in [1.82, 2.24) is 5.32 Å². The lowest BCUT2D eigenvalue weighted by atomic mass is 10.0. The van der Waals surface area contributed by atoms with Gasteiger partial charge in [-0.1, -0.05) is 48.5 Å². The van der Waals surface area contributed by atoms with Crippen LogP contribution in [0.4, 0.5) is 0 Å². The van der Waals surface area contributed by atoms with Crippen LogP contribution in [-0.2, 0) is 0 Å². The van der Waals surface area contributed by atoms with Crippen LogP contribution in [-0.4, -0.2) is 12.3 Å². The van der Waals surface area contributed by atoms with Gasteiger partial charge in [-0.15, -0.1) is 11.8 Å². The molecule has 0 aliphatic carbocycles. The predicted octanol–water partition coefficient (Wildman–Crippen LogP) is 4.23. The molecular weight excluding hydrogens is 250 g/mol. The fraction of sp³-hybridized carbons (Fsp3) is 0.294. The van der Waals surface area contributed by atoms with E-state index in [2.05, 4.69) is 66.8 Å². The molecule has 0 saturated heterocycles. The summed E-state index contributed by atoms with van der Waals surface area (Å²) in [6.07, 6.45) is 0. The largest absolute Gasteiger partial charge is 0.310 e. The molecule has 0 fully saturated rings. The Labute approximate surface area is 119 Å². The molecule has 1 aliphatic rings. The van der Waals surface area contributed by atoms with Gasteiger partial charge in [0.05, 0.1) is 0 Å². The quantitative estimate of drug-likeness (QED) is 0.891. The van der Waals surface area contributed by atoms with E-state index in [9.17, 15) is 0 Å². The molecule has 0 aromatic heterocycles. The van der Waals surface area contributed by atoms with Gasteiger partial charge in [0.15, 0.2) is 0 Å². The standard InChI is InChI=1S/C17H19NS/c1-13(14-7-3-2-4-8-14)18-11-15-12-19-17-10-6-5-9-16(15)17/h2-10,13,15,18H,11-12H2,1H3/t13-,15?/m0/s1. The van der Waals surface area contributed by atoms with E-state index in [1.807, 2.05) is 11.8 Å². The minimum absolute atomic E-state index is 0.416. The zero-order valence-corrected chi connectivity index (χ0v) is 12.0. The summed E-state index contributed by atoms with van der Waals surface area (Å²) in [6, 6.07) is 19.9. The first kappa shape index (κ1) is 12.8. The highest BCUT2D eigenvalue weighted by atomic mass is 32.2. The molecule has 1 nitrogen and oxygen atoms in total. The van der Waals surface area contributed by atoms with Crippen LogP contribution < -0.4 is 5.32 Å². The summed E-state index contributed by atoms with van der Waals surface area (Å²) in [5.41, 5.74) is 2.88. The monoisotopic (exact) mass is 269 g/mol. The fourth-order valence-corrected chi connectivity index (χ4v) is 3.83. The first-order chi connectivity index (χ1) is 9.34. The van der Waals surface area contributed by atoms with Gasteiger partial charge >= 0.3 is 0 Å². The highest BCUT2D eigenvalue weighted by Crippen LogP contribution is 2.39. The number of fused-ring (bicyclic) bond motifs is 1. The SMILES string of the molecule is C[C@H](NCC1CSc2ccccc21)c1ccccc1. The molecule has 0 amide bonds. The van der Waals surface area contributed by atoms with Crippen LogP contribution in [0, 0.1) is 0 Å². The third-order valence-corrected chi connectivity index (χ3v) is 5.02. The van der Waals surface area contributed by atoms with Gasteiger partial charge < -0.3 is 5.32 Å². The van der Waals surface area contributed by atoms with Gasteiger partial charge in [0.25, 0.3) is 0 Å². The Morgan fingerprint density at radius 3 is 2.68 bits per heavy atom. The second kappa shape index (κ2) is 5.81. The number of nitrogens with one attached hydrogen (secondary N) is 1. The summed E-state index contributed by atoms with van der Waals surface area (Å²) in [5, 5.41) is 3.67. The van der Waals surface area contributed by atoms with Crippen molar-refractivity contribution in [1.29, 1.82) is 0 Å². The maximum atomic E-state index is 3.67. The molecule has 1 N–H and O–H groups in total. The van der Waals surface area contributed by atoms with Gasteiger partial charge in [-0.3, -0.25) is 0 Å². The molecule has 0 spiro atoms. The van der Waals surface area contributed by atoms with Crippen molar-refractivity contribution >= 4 is 11.8 Å². The number of benzene rings is 2. The molecule has 0 radical (unpaired) electrons. The summed E-state index contributed by atoms with van der Waals surface area (Å²) in [7, 11) is 0. The van der Waals surface area contributed by atoms with Crippen LogP contribution in [0.5, 0.6) is 0 Å². The third-order valence-electron chi connectivity index (χ3n) is 3.77. The van der Waals surface area contributed by atoms with Crippen LogP contribution in [0.3, 0.4) is 0 Å². The van der Waals surface area contributed by atoms with E-state index in [1.165, 1.54) is 21.8 Å². The van der Waals surface area contributed by atoms with Gasteiger partial charge in [0.1, 0.15) is 0 Å². The predicted molar refractivity (Wildman–Crippen MR) is 82.8 cm³/mol. The summed E-state index contributed by atoms with van der Waals surface area (Å²) in [4.78, 5) is 1.46. The molecular formula is C17H19NS. The van der Waals surface area contributed by atoms with Gasteiger partial charge in [-0.05, 0) is 24.1 Å². The lowest BCUT2D eigenvalue weighted by molar-refractivity contribution is 0.541. The topological polar surface area (TPSA) is 12.0 Å². The molecule has 2 aromatic rings. The van der Waals surface area contributed by atoms with E-state index in [1.54, 1.807) is 0 Å². The normalized spacial score (nSPS) is 19.1. The molecule has 2 heteroatoms. The van der Waals surface area contributed by atoms with Crippen LogP contribution in [0.15, 0.2) is 59.5 Å². The zero-order chi connectivity index (χ0) is 13.1. The molecule has 1 heterocycles. The Bertz CT molecular complexity index is 538. The minimum atomic E-state index is 0.416. The van der Waals surface area contributed by atoms with Gasteiger partial charge in [0.2, 0.25) is 0 Å². The maximum absolute atomic E-state index is 3.67. The molecule has 1 unspecified atom stereocenters. The molecule has 2 atom stereocenters. The van der Waals surface area contributed by atoms with E-state index in [0.29, 0.717) is 12.0 Å². The van der Waals surface area contributed by atoms with Crippen molar-refractivity contribution in [3.05, 3.63) is 65.7 Å². The Balaban J connectivity index is 1.62. The fourth-order valence-electron chi connectivity index (χ4n) is 2.58. The van der Waals surface area contributed by atoms with Crippen LogP contribution in [0.2, 0.25) is 0 Å². The highest BCUT2D eigenvalue weighted by Gasteiger charge is 2.22. The van der Waals surface area contributed by atoms with E-state index in [0.717, 1.165) is 6.54 Å². The van der Waals surface area contributed by atoms with Crippen LogP contribution >= 0.6 is 11.8 Å². The summed E-state index contributed by atoms with van der Waals surface area (Å²) in [5.74, 6) is 1.85. The highest BCUT2D eigenvalue weighted by molar-refractivity contribution is 7.99. The third kappa shape index (κ3) is 2.85. The minimum Gasteiger partial charge on any atom is -0.310 e. The molecule has 0 bridgehead atoms. The average molecular weight is 269 g/mol. The van der Waals surface area contributed by atoms with Crippen LogP contribution in [0.1, 0.15) is 30.0 Å². The molecule has 0 saturated carbocycles. The zero-order valence-electron chi connectivity index (χ0n) is 11.2. The number of hydrogen-bond acceptors (Lipinski definition) is 2. The Kier molecular flexibility index (Phi) is 3.90.